The van der Waals surface area contributed by atoms with Crippen molar-refractivity contribution in [3.05, 3.63) is 0 Å². The number of rotatable bonds is 1. The van der Waals surface area contributed by atoms with Crippen LogP contribution in [-0.4, -0.2) is 24.3 Å². The number of nitrogens with one attached hydrogen (secondary N) is 1. The molecule has 1 heterocycles. The highest BCUT2D eigenvalue weighted by Gasteiger charge is 2.22. The molecule has 0 aromatic heterocycles. The van der Waals surface area contributed by atoms with Gasteiger partial charge in [0.1, 0.15) is 0 Å². The van der Waals surface area contributed by atoms with Gasteiger partial charge in [-0.25, -0.2) is 0 Å². The van der Waals surface area contributed by atoms with Gasteiger partial charge >= 0.3 is 0 Å². The van der Waals surface area contributed by atoms with Crippen molar-refractivity contribution in [2.24, 2.45) is 11.8 Å². The fourth-order valence-corrected chi connectivity index (χ4v) is 1.46. The predicted octanol–water partition coefficient (Wildman–Crippen LogP) is 0.613. The molecule has 1 fully saturated rings. The highest BCUT2D eigenvalue weighted by molar-refractivity contribution is 4.79. The number of aliphatic hydroxyl groups is 1. The normalized spacial score (nSPS) is 41.7. The Morgan fingerprint density at radius 2 is 2.10 bits per heavy atom. The zero-order valence-electron chi connectivity index (χ0n) is 6.80. The van der Waals surface area contributed by atoms with E-state index in [-0.39, 0.29) is 6.61 Å². The van der Waals surface area contributed by atoms with Crippen LogP contribution >= 0.6 is 0 Å². The molecule has 60 valence electrons. The van der Waals surface area contributed by atoms with Gasteiger partial charge < -0.3 is 10.4 Å². The Bertz CT molecular complexity index is 105. The van der Waals surface area contributed by atoms with Gasteiger partial charge in [-0.1, -0.05) is 13.8 Å². The number of hydrogen-bond donors (Lipinski definition) is 2. The van der Waals surface area contributed by atoms with Crippen LogP contribution in [0.15, 0.2) is 0 Å². The summed E-state index contributed by atoms with van der Waals surface area (Å²) >= 11 is 0. The van der Waals surface area contributed by atoms with Crippen LogP contribution in [0.25, 0.3) is 0 Å². The monoisotopic (exact) mass is 143 g/mol. The van der Waals surface area contributed by atoms with Crippen LogP contribution < -0.4 is 5.32 Å². The molecule has 0 spiro atoms. The zero-order valence-corrected chi connectivity index (χ0v) is 6.80. The van der Waals surface area contributed by atoms with Crippen molar-refractivity contribution in [2.75, 3.05) is 13.2 Å². The molecule has 2 nitrogen and oxygen atoms in total. The van der Waals surface area contributed by atoms with E-state index in [0.29, 0.717) is 6.04 Å². The van der Waals surface area contributed by atoms with Gasteiger partial charge in [-0.3, -0.25) is 0 Å². The molecule has 0 aromatic carbocycles. The van der Waals surface area contributed by atoms with E-state index >= 15 is 0 Å². The van der Waals surface area contributed by atoms with E-state index in [1.165, 1.54) is 0 Å². The average molecular weight is 143 g/mol. The third-order valence-electron chi connectivity index (χ3n) is 2.58. The Hall–Kier alpha value is -0.0800. The van der Waals surface area contributed by atoms with Crippen molar-refractivity contribution in [3.8, 4) is 0 Å². The smallest absolute Gasteiger partial charge is 0.0584 e. The Morgan fingerprint density at radius 1 is 1.40 bits per heavy atom. The lowest BCUT2D eigenvalue weighted by atomic mass is 9.86. The fraction of sp³-hybridized carbons (Fsp3) is 1.00. The van der Waals surface area contributed by atoms with Crippen molar-refractivity contribution in [3.63, 3.8) is 0 Å². The third-order valence-corrected chi connectivity index (χ3v) is 2.58. The quantitative estimate of drug-likeness (QED) is 0.564. The van der Waals surface area contributed by atoms with E-state index in [1.807, 2.05) is 0 Å². The van der Waals surface area contributed by atoms with Gasteiger partial charge in [0, 0.05) is 6.04 Å². The highest BCUT2D eigenvalue weighted by atomic mass is 16.3. The Kier molecular flexibility index (Phi) is 2.69. The SMILES string of the molecule is CC1CN[C@H](CO)CC1C. The van der Waals surface area contributed by atoms with Crippen LogP contribution in [0.3, 0.4) is 0 Å². The second kappa shape index (κ2) is 3.35. The summed E-state index contributed by atoms with van der Waals surface area (Å²) < 4.78 is 0. The van der Waals surface area contributed by atoms with E-state index in [0.717, 1.165) is 24.8 Å². The lowest BCUT2D eigenvalue weighted by Crippen LogP contribution is -2.43. The molecule has 0 saturated carbocycles. The van der Waals surface area contributed by atoms with E-state index in [4.69, 9.17) is 5.11 Å². The molecule has 0 bridgehead atoms. The lowest BCUT2D eigenvalue weighted by molar-refractivity contribution is 0.167. The van der Waals surface area contributed by atoms with Crippen molar-refractivity contribution in [2.45, 2.75) is 26.3 Å². The third kappa shape index (κ3) is 1.70. The topological polar surface area (TPSA) is 32.3 Å². The van der Waals surface area contributed by atoms with Crippen molar-refractivity contribution >= 4 is 0 Å². The Labute approximate surface area is 62.6 Å². The maximum absolute atomic E-state index is 8.83. The summed E-state index contributed by atoms with van der Waals surface area (Å²) in [5.74, 6) is 1.53. The lowest BCUT2D eigenvalue weighted by Gasteiger charge is -2.32. The Morgan fingerprint density at radius 3 is 2.60 bits per heavy atom. The molecular weight excluding hydrogens is 126 g/mol. The van der Waals surface area contributed by atoms with Crippen LogP contribution in [0.5, 0.6) is 0 Å². The maximum Gasteiger partial charge on any atom is 0.0584 e. The molecule has 1 aliphatic rings. The first-order chi connectivity index (χ1) is 4.74. The molecular formula is C8H17NO. The van der Waals surface area contributed by atoms with Gasteiger partial charge in [-0.15, -0.1) is 0 Å². The molecule has 0 radical (unpaired) electrons. The zero-order chi connectivity index (χ0) is 7.56. The van der Waals surface area contributed by atoms with Crippen LogP contribution in [0.2, 0.25) is 0 Å². The predicted molar refractivity (Wildman–Crippen MR) is 41.8 cm³/mol. The average Bonchev–Trinajstić information content (AvgIpc) is 1.95. The summed E-state index contributed by atoms with van der Waals surface area (Å²) in [6.45, 7) is 5.86. The van der Waals surface area contributed by atoms with Gasteiger partial charge in [0.15, 0.2) is 0 Å². The number of hydrogen-bond acceptors (Lipinski definition) is 2. The molecule has 2 heteroatoms. The highest BCUT2D eigenvalue weighted by Crippen LogP contribution is 2.20. The second-order valence-corrected chi connectivity index (χ2v) is 3.48. The van der Waals surface area contributed by atoms with E-state index in [2.05, 4.69) is 19.2 Å². The second-order valence-electron chi connectivity index (χ2n) is 3.48. The minimum absolute atomic E-state index is 0.289. The summed E-state index contributed by atoms with van der Waals surface area (Å²) in [5, 5.41) is 12.1. The van der Waals surface area contributed by atoms with Crippen LogP contribution in [-0.2, 0) is 0 Å². The fourth-order valence-electron chi connectivity index (χ4n) is 1.46. The Balaban J connectivity index is 2.33. The summed E-state index contributed by atoms with van der Waals surface area (Å²) in [5.41, 5.74) is 0. The van der Waals surface area contributed by atoms with Gasteiger partial charge in [0.05, 0.1) is 6.61 Å². The van der Waals surface area contributed by atoms with Crippen molar-refractivity contribution in [1.82, 2.24) is 5.32 Å². The molecule has 2 N–H and O–H groups in total. The van der Waals surface area contributed by atoms with Crippen LogP contribution in [0.4, 0.5) is 0 Å². The summed E-state index contributed by atoms with van der Waals surface area (Å²) in [4.78, 5) is 0. The molecule has 1 aliphatic heterocycles. The van der Waals surface area contributed by atoms with E-state index in [9.17, 15) is 0 Å². The molecule has 2 unspecified atom stereocenters. The summed E-state index contributed by atoms with van der Waals surface area (Å²) in [6.07, 6.45) is 1.12. The summed E-state index contributed by atoms with van der Waals surface area (Å²) in [6, 6.07) is 0.353. The van der Waals surface area contributed by atoms with Gasteiger partial charge in [-0.05, 0) is 24.8 Å². The molecule has 1 saturated heterocycles. The molecule has 10 heavy (non-hydrogen) atoms. The molecule has 0 aliphatic carbocycles. The first-order valence-corrected chi connectivity index (χ1v) is 4.08. The molecule has 0 amide bonds. The van der Waals surface area contributed by atoms with Crippen LogP contribution in [0, 0.1) is 11.8 Å². The first-order valence-electron chi connectivity index (χ1n) is 4.08. The number of piperidine rings is 1. The molecule has 1 rings (SSSR count). The molecule has 0 aromatic rings. The van der Waals surface area contributed by atoms with Crippen molar-refractivity contribution < 1.29 is 5.11 Å². The minimum atomic E-state index is 0.289. The molecule has 3 atom stereocenters. The van der Waals surface area contributed by atoms with Crippen LogP contribution in [0.1, 0.15) is 20.3 Å². The summed E-state index contributed by atoms with van der Waals surface area (Å²) in [7, 11) is 0. The van der Waals surface area contributed by atoms with Gasteiger partial charge in [0.25, 0.3) is 0 Å². The number of aliphatic hydroxyl groups excluding tert-OH is 1. The van der Waals surface area contributed by atoms with E-state index in [1.54, 1.807) is 0 Å². The standard InChI is InChI=1S/C8H17NO/c1-6-3-8(5-10)9-4-7(6)2/h6-10H,3-5H2,1-2H3/t6?,7?,8-/m0/s1. The van der Waals surface area contributed by atoms with Crippen molar-refractivity contribution in [1.29, 1.82) is 0 Å². The van der Waals surface area contributed by atoms with Gasteiger partial charge in [-0.2, -0.15) is 0 Å². The van der Waals surface area contributed by atoms with Gasteiger partial charge in [0.2, 0.25) is 0 Å². The maximum atomic E-state index is 8.83. The minimum Gasteiger partial charge on any atom is -0.395 e. The first kappa shape index (κ1) is 8.02. The largest absolute Gasteiger partial charge is 0.395 e. The van der Waals surface area contributed by atoms with E-state index < -0.39 is 0 Å².